The predicted molar refractivity (Wildman–Crippen MR) is 100 cm³/mol. The Balaban J connectivity index is 1.33. The van der Waals surface area contributed by atoms with E-state index in [1.807, 2.05) is 6.07 Å². The lowest BCUT2D eigenvalue weighted by atomic mass is 10.2. The van der Waals surface area contributed by atoms with Crippen LogP contribution in [0.15, 0.2) is 34.7 Å². The monoisotopic (exact) mass is 373 g/mol. The van der Waals surface area contributed by atoms with E-state index < -0.39 is 0 Å². The SMILES string of the molecule is O=C1CCCN1Cc1nn(CN2CCN(c3ccccc3)CC2)c(=S)o1. The zero-order valence-corrected chi connectivity index (χ0v) is 15.5. The minimum absolute atomic E-state index is 0.165. The highest BCUT2D eigenvalue weighted by atomic mass is 32.1. The second kappa shape index (κ2) is 7.59. The number of hydrogen-bond acceptors (Lipinski definition) is 6. The van der Waals surface area contributed by atoms with Crippen molar-refractivity contribution in [2.24, 2.45) is 0 Å². The number of piperazine rings is 1. The van der Waals surface area contributed by atoms with Gasteiger partial charge >= 0.3 is 0 Å². The second-order valence-corrected chi connectivity index (χ2v) is 7.11. The van der Waals surface area contributed by atoms with Crippen LogP contribution >= 0.6 is 12.2 Å². The zero-order chi connectivity index (χ0) is 17.9. The standard InChI is InChI=1S/C18H23N5O2S/c24-17-7-4-8-22(17)13-16-19-23(18(26)25-16)14-20-9-11-21(12-10-20)15-5-2-1-3-6-15/h1-3,5-6H,4,7-14H2. The van der Waals surface area contributed by atoms with Crippen molar-refractivity contribution in [3.8, 4) is 0 Å². The number of carbonyl (C=O) groups excluding carboxylic acids is 1. The van der Waals surface area contributed by atoms with Crippen LogP contribution in [0.5, 0.6) is 0 Å². The maximum absolute atomic E-state index is 11.7. The fraction of sp³-hybridized carbons (Fsp3) is 0.500. The van der Waals surface area contributed by atoms with Gasteiger partial charge in [0, 0.05) is 44.8 Å². The molecule has 1 amide bonds. The van der Waals surface area contributed by atoms with Gasteiger partial charge in [-0.2, -0.15) is 0 Å². The highest BCUT2D eigenvalue weighted by molar-refractivity contribution is 7.71. The topological polar surface area (TPSA) is 57.8 Å². The summed E-state index contributed by atoms with van der Waals surface area (Å²) >= 11 is 5.30. The first kappa shape index (κ1) is 17.2. The van der Waals surface area contributed by atoms with Crippen molar-refractivity contribution >= 4 is 23.8 Å². The van der Waals surface area contributed by atoms with Gasteiger partial charge in [0.05, 0.1) is 13.2 Å². The van der Waals surface area contributed by atoms with E-state index in [9.17, 15) is 4.79 Å². The van der Waals surface area contributed by atoms with Crippen molar-refractivity contribution in [1.29, 1.82) is 0 Å². The molecule has 2 fully saturated rings. The Morgan fingerprint density at radius 1 is 1.08 bits per heavy atom. The maximum Gasteiger partial charge on any atom is 0.288 e. The van der Waals surface area contributed by atoms with E-state index in [0.29, 0.717) is 30.4 Å². The molecule has 1 aromatic heterocycles. The Morgan fingerprint density at radius 2 is 1.85 bits per heavy atom. The summed E-state index contributed by atoms with van der Waals surface area (Å²) in [7, 11) is 0. The Hall–Kier alpha value is -2.19. The molecule has 8 heteroatoms. The van der Waals surface area contributed by atoms with Gasteiger partial charge in [-0.25, -0.2) is 4.68 Å². The lowest BCUT2D eigenvalue weighted by Crippen LogP contribution is -2.46. The molecular formula is C18H23N5O2S. The minimum Gasteiger partial charge on any atom is -0.412 e. The molecule has 0 saturated carbocycles. The molecule has 0 N–H and O–H groups in total. The first-order valence-electron chi connectivity index (χ1n) is 9.06. The molecule has 138 valence electrons. The van der Waals surface area contributed by atoms with Crippen LogP contribution in [0.3, 0.4) is 0 Å². The van der Waals surface area contributed by atoms with Gasteiger partial charge in [-0.05, 0) is 30.8 Å². The summed E-state index contributed by atoms with van der Waals surface area (Å²) in [6.07, 6.45) is 1.53. The first-order chi connectivity index (χ1) is 12.7. The Morgan fingerprint density at radius 3 is 2.54 bits per heavy atom. The molecule has 0 radical (unpaired) electrons. The number of aromatic nitrogens is 2. The number of rotatable bonds is 5. The molecule has 26 heavy (non-hydrogen) atoms. The van der Waals surface area contributed by atoms with E-state index in [1.54, 1.807) is 9.58 Å². The highest BCUT2D eigenvalue weighted by Gasteiger charge is 2.23. The number of para-hydroxylation sites is 1. The number of nitrogens with zero attached hydrogens (tertiary/aromatic N) is 5. The third-order valence-electron chi connectivity index (χ3n) is 4.97. The average Bonchev–Trinajstić information content (AvgIpc) is 3.22. The third kappa shape index (κ3) is 3.81. The summed E-state index contributed by atoms with van der Waals surface area (Å²) < 4.78 is 7.32. The Bertz CT molecular complexity index is 810. The smallest absolute Gasteiger partial charge is 0.288 e. The van der Waals surface area contributed by atoms with Gasteiger partial charge in [0.15, 0.2) is 0 Å². The van der Waals surface area contributed by atoms with E-state index in [0.717, 1.165) is 39.1 Å². The third-order valence-corrected chi connectivity index (χ3v) is 5.27. The van der Waals surface area contributed by atoms with Crippen LogP contribution in [-0.4, -0.2) is 58.2 Å². The summed E-state index contributed by atoms with van der Waals surface area (Å²) in [4.78, 5) is 18.6. The summed E-state index contributed by atoms with van der Waals surface area (Å²) in [5.74, 6) is 0.686. The lowest BCUT2D eigenvalue weighted by Gasteiger charge is -2.35. The summed E-state index contributed by atoms with van der Waals surface area (Å²) in [6.45, 7) is 5.66. The first-order valence-corrected chi connectivity index (χ1v) is 9.47. The molecule has 2 saturated heterocycles. The fourth-order valence-corrected chi connectivity index (χ4v) is 3.71. The Kier molecular flexibility index (Phi) is 5.03. The van der Waals surface area contributed by atoms with Crippen LogP contribution < -0.4 is 4.90 Å². The number of likely N-dealkylation sites (tertiary alicyclic amines) is 1. The van der Waals surface area contributed by atoms with Crippen LogP contribution in [0, 0.1) is 4.84 Å². The van der Waals surface area contributed by atoms with Crippen molar-refractivity contribution in [3.63, 3.8) is 0 Å². The molecule has 1 aromatic carbocycles. The van der Waals surface area contributed by atoms with Crippen LogP contribution in [0.25, 0.3) is 0 Å². The largest absolute Gasteiger partial charge is 0.412 e. The highest BCUT2D eigenvalue weighted by Crippen LogP contribution is 2.17. The minimum atomic E-state index is 0.165. The van der Waals surface area contributed by atoms with Gasteiger partial charge in [0.25, 0.3) is 4.84 Å². The Labute approximate surface area is 157 Å². The van der Waals surface area contributed by atoms with Gasteiger partial charge in [0.2, 0.25) is 11.8 Å². The molecule has 0 bridgehead atoms. The van der Waals surface area contributed by atoms with Gasteiger partial charge in [-0.3, -0.25) is 9.69 Å². The van der Waals surface area contributed by atoms with Gasteiger partial charge < -0.3 is 14.2 Å². The average molecular weight is 373 g/mol. The number of anilines is 1. The van der Waals surface area contributed by atoms with Crippen molar-refractivity contribution in [2.45, 2.75) is 26.1 Å². The number of carbonyl (C=O) groups is 1. The van der Waals surface area contributed by atoms with Crippen molar-refractivity contribution < 1.29 is 9.21 Å². The molecule has 2 aliphatic rings. The van der Waals surface area contributed by atoms with E-state index in [2.05, 4.69) is 39.2 Å². The predicted octanol–water partition coefficient (Wildman–Crippen LogP) is 2.11. The molecule has 0 aliphatic carbocycles. The second-order valence-electron chi connectivity index (χ2n) is 6.76. The molecule has 2 aromatic rings. The molecule has 3 heterocycles. The molecule has 0 unspecified atom stereocenters. The zero-order valence-electron chi connectivity index (χ0n) is 14.7. The summed E-state index contributed by atoms with van der Waals surface area (Å²) in [5.41, 5.74) is 1.27. The van der Waals surface area contributed by atoms with Crippen LogP contribution in [0.2, 0.25) is 0 Å². The van der Waals surface area contributed by atoms with Crippen LogP contribution in [0.4, 0.5) is 5.69 Å². The molecule has 2 aliphatic heterocycles. The lowest BCUT2D eigenvalue weighted by molar-refractivity contribution is -0.128. The molecular weight excluding hydrogens is 350 g/mol. The number of amides is 1. The normalized spacial score (nSPS) is 18.7. The number of benzene rings is 1. The number of hydrogen-bond donors (Lipinski definition) is 0. The van der Waals surface area contributed by atoms with Gasteiger partial charge in [0.1, 0.15) is 0 Å². The molecule has 7 nitrogen and oxygen atoms in total. The molecule has 0 atom stereocenters. The van der Waals surface area contributed by atoms with Crippen molar-refractivity contribution in [2.75, 3.05) is 37.6 Å². The van der Waals surface area contributed by atoms with Gasteiger partial charge in [-0.1, -0.05) is 18.2 Å². The molecule has 0 spiro atoms. The van der Waals surface area contributed by atoms with E-state index >= 15 is 0 Å². The van der Waals surface area contributed by atoms with E-state index in [-0.39, 0.29) is 5.91 Å². The summed E-state index contributed by atoms with van der Waals surface area (Å²) in [5, 5.41) is 4.48. The van der Waals surface area contributed by atoms with Crippen LogP contribution in [-0.2, 0) is 18.0 Å². The van der Waals surface area contributed by atoms with Crippen molar-refractivity contribution in [1.82, 2.24) is 19.6 Å². The maximum atomic E-state index is 11.7. The summed E-state index contributed by atoms with van der Waals surface area (Å²) in [6, 6.07) is 10.5. The van der Waals surface area contributed by atoms with Gasteiger partial charge in [-0.15, -0.1) is 5.10 Å². The van der Waals surface area contributed by atoms with Crippen LogP contribution in [0.1, 0.15) is 18.7 Å². The van der Waals surface area contributed by atoms with E-state index in [4.69, 9.17) is 16.6 Å². The van der Waals surface area contributed by atoms with Crippen molar-refractivity contribution in [3.05, 3.63) is 41.1 Å². The quantitative estimate of drug-likeness (QED) is 0.748. The molecule has 4 rings (SSSR count). The van der Waals surface area contributed by atoms with E-state index in [1.165, 1.54) is 5.69 Å². The fourth-order valence-electron chi connectivity index (χ4n) is 3.51.